The molecule has 1 heterocycles. The third-order valence-corrected chi connectivity index (χ3v) is 4.50. The van der Waals surface area contributed by atoms with Gasteiger partial charge in [0.25, 0.3) is 0 Å². The molecule has 21 heavy (non-hydrogen) atoms. The van der Waals surface area contributed by atoms with Gasteiger partial charge in [-0.3, -0.25) is 0 Å². The van der Waals surface area contributed by atoms with Gasteiger partial charge >= 0.3 is 6.03 Å². The van der Waals surface area contributed by atoms with Crippen LogP contribution in [0.2, 0.25) is 0 Å². The van der Waals surface area contributed by atoms with Gasteiger partial charge in [-0.15, -0.1) is 0 Å². The lowest BCUT2D eigenvalue weighted by Crippen LogP contribution is -2.38. The fourth-order valence-corrected chi connectivity index (χ4v) is 3.22. The Bertz CT molecular complexity index is 335. The van der Waals surface area contributed by atoms with Crippen LogP contribution in [-0.2, 0) is 0 Å². The molecule has 0 aromatic rings. The molecule has 2 aliphatic rings. The molecule has 1 aliphatic carbocycles. The summed E-state index contributed by atoms with van der Waals surface area (Å²) in [7, 11) is 0. The molecule has 4 nitrogen and oxygen atoms in total. The Kier molecular flexibility index (Phi) is 7.65. The van der Waals surface area contributed by atoms with Crippen molar-refractivity contribution in [1.82, 2.24) is 15.5 Å². The molecule has 4 heteroatoms. The molecule has 0 unspecified atom stereocenters. The molecule has 1 fully saturated rings. The van der Waals surface area contributed by atoms with Gasteiger partial charge in [-0.05, 0) is 71.0 Å². The largest absolute Gasteiger partial charge is 0.338 e. The molecule has 1 saturated heterocycles. The maximum Gasteiger partial charge on any atom is 0.314 e. The van der Waals surface area contributed by atoms with Crippen molar-refractivity contribution in [2.45, 2.75) is 57.8 Å². The molecular formula is C17H31N3O. The summed E-state index contributed by atoms with van der Waals surface area (Å²) in [5, 5.41) is 5.93. The number of hydrogen-bond donors (Lipinski definition) is 2. The Morgan fingerprint density at radius 2 is 1.86 bits per heavy atom. The van der Waals surface area contributed by atoms with Crippen molar-refractivity contribution in [3.05, 3.63) is 11.6 Å². The summed E-state index contributed by atoms with van der Waals surface area (Å²) in [4.78, 5) is 14.2. The zero-order valence-electron chi connectivity index (χ0n) is 13.3. The van der Waals surface area contributed by atoms with Gasteiger partial charge in [0.1, 0.15) is 0 Å². The minimum atomic E-state index is -0.00921. The topological polar surface area (TPSA) is 44.4 Å². The van der Waals surface area contributed by atoms with Crippen molar-refractivity contribution in [2.75, 3.05) is 32.7 Å². The second-order valence-electron chi connectivity index (χ2n) is 6.30. The van der Waals surface area contributed by atoms with E-state index in [4.69, 9.17) is 0 Å². The molecule has 0 saturated carbocycles. The fourth-order valence-electron chi connectivity index (χ4n) is 3.22. The standard InChI is InChI=1S/C17H31N3O/c21-17(19-12-10-16-8-3-1-4-9-16)18-11-7-15-20-13-5-2-6-14-20/h8H,1-7,9-15H2,(H2,18,19,21). The van der Waals surface area contributed by atoms with Crippen LogP contribution in [-0.4, -0.2) is 43.7 Å². The number of piperidine rings is 1. The van der Waals surface area contributed by atoms with Crippen LogP contribution in [0.4, 0.5) is 4.79 Å². The van der Waals surface area contributed by atoms with Gasteiger partial charge in [0.2, 0.25) is 0 Å². The van der Waals surface area contributed by atoms with Crippen molar-refractivity contribution in [3.8, 4) is 0 Å². The van der Waals surface area contributed by atoms with Gasteiger partial charge in [-0.1, -0.05) is 18.1 Å². The van der Waals surface area contributed by atoms with Crippen LogP contribution >= 0.6 is 0 Å². The Morgan fingerprint density at radius 1 is 1.05 bits per heavy atom. The van der Waals surface area contributed by atoms with Crippen molar-refractivity contribution >= 4 is 6.03 Å². The number of urea groups is 1. The Morgan fingerprint density at radius 3 is 2.62 bits per heavy atom. The maximum atomic E-state index is 11.7. The molecule has 2 N–H and O–H groups in total. The fraction of sp³-hybridized carbons (Fsp3) is 0.824. The van der Waals surface area contributed by atoms with Crippen LogP contribution in [0.1, 0.15) is 57.8 Å². The van der Waals surface area contributed by atoms with Gasteiger partial charge in [-0.2, -0.15) is 0 Å². The number of nitrogens with one attached hydrogen (secondary N) is 2. The highest BCUT2D eigenvalue weighted by Gasteiger charge is 2.09. The number of likely N-dealkylation sites (tertiary alicyclic amines) is 1. The van der Waals surface area contributed by atoms with Gasteiger partial charge in [0, 0.05) is 13.1 Å². The molecule has 0 aromatic heterocycles. The van der Waals surface area contributed by atoms with Crippen LogP contribution in [0, 0.1) is 0 Å². The normalized spacial score (nSPS) is 19.9. The average molecular weight is 293 g/mol. The summed E-state index contributed by atoms with van der Waals surface area (Å²) in [6.45, 7) is 5.14. The minimum Gasteiger partial charge on any atom is -0.338 e. The van der Waals surface area contributed by atoms with Crippen LogP contribution < -0.4 is 10.6 Å². The summed E-state index contributed by atoms with van der Waals surface area (Å²) in [6.07, 6.45) is 13.6. The molecular weight excluding hydrogens is 262 g/mol. The number of amides is 2. The smallest absolute Gasteiger partial charge is 0.314 e. The zero-order valence-corrected chi connectivity index (χ0v) is 13.3. The van der Waals surface area contributed by atoms with E-state index in [1.165, 1.54) is 63.6 Å². The number of carbonyl (C=O) groups is 1. The first-order valence-electron chi connectivity index (χ1n) is 8.76. The Balaban J connectivity index is 1.44. The van der Waals surface area contributed by atoms with E-state index in [2.05, 4.69) is 21.6 Å². The van der Waals surface area contributed by atoms with Crippen molar-refractivity contribution in [2.24, 2.45) is 0 Å². The summed E-state index contributed by atoms with van der Waals surface area (Å²) in [6, 6.07) is -0.00921. The molecule has 0 bridgehead atoms. The van der Waals surface area contributed by atoms with Crippen molar-refractivity contribution < 1.29 is 4.79 Å². The molecule has 0 radical (unpaired) electrons. The molecule has 2 amide bonds. The summed E-state index contributed by atoms with van der Waals surface area (Å²) in [5.41, 5.74) is 1.52. The van der Waals surface area contributed by atoms with Gasteiger partial charge in [0.15, 0.2) is 0 Å². The maximum absolute atomic E-state index is 11.7. The predicted molar refractivity (Wildman–Crippen MR) is 87.5 cm³/mol. The summed E-state index contributed by atoms with van der Waals surface area (Å²) < 4.78 is 0. The highest BCUT2D eigenvalue weighted by atomic mass is 16.2. The van der Waals surface area contributed by atoms with Crippen molar-refractivity contribution in [1.29, 1.82) is 0 Å². The number of rotatable bonds is 7. The minimum absolute atomic E-state index is 0.00921. The Hall–Kier alpha value is -1.03. The molecule has 120 valence electrons. The lowest BCUT2D eigenvalue weighted by Gasteiger charge is -2.26. The van der Waals surface area contributed by atoms with Gasteiger partial charge in [-0.25, -0.2) is 4.79 Å². The first kappa shape index (κ1) is 16.3. The number of allylic oxidation sites excluding steroid dienone is 1. The van der Waals surface area contributed by atoms with E-state index in [1.54, 1.807) is 0 Å². The highest BCUT2D eigenvalue weighted by Crippen LogP contribution is 2.19. The Labute approximate surface area is 129 Å². The summed E-state index contributed by atoms with van der Waals surface area (Å²) in [5.74, 6) is 0. The van der Waals surface area contributed by atoms with E-state index in [-0.39, 0.29) is 6.03 Å². The molecule has 0 aromatic carbocycles. The molecule has 1 aliphatic heterocycles. The van der Waals surface area contributed by atoms with Crippen molar-refractivity contribution in [3.63, 3.8) is 0 Å². The molecule has 0 atom stereocenters. The SMILES string of the molecule is O=C(NCCCN1CCCCC1)NCCC1=CCCCC1. The van der Waals surface area contributed by atoms with Gasteiger partial charge in [0.05, 0.1) is 0 Å². The number of carbonyl (C=O) groups excluding carboxylic acids is 1. The van der Waals surface area contributed by atoms with E-state index in [1.807, 2.05) is 0 Å². The van der Waals surface area contributed by atoms with Gasteiger partial charge < -0.3 is 15.5 Å². The third-order valence-electron chi connectivity index (χ3n) is 4.50. The quantitative estimate of drug-likeness (QED) is 0.560. The third kappa shape index (κ3) is 6.98. The molecule has 0 spiro atoms. The zero-order chi connectivity index (χ0) is 14.8. The second-order valence-corrected chi connectivity index (χ2v) is 6.30. The molecule has 2 rings (SSSR count). The number of nitrogens with zero attached hydrogens (tertiary/aromatic N) is 1. The second kappa shape index (κ2) is 9.82. The van der Waals surface area contributed by atoms with Crippen LogP contribution in [0.25, 0.3) is 0 Å². The van der Waals surface area contributed by atoms with Crippen LogP contribution in [0.15, 0.2) is 11.6 Å². The van der Waals surface area contributed by atoms with E-state index in [0.29, 0.717) is 0 Å². The predicted octanol–water partition coefficient (Wildman–Crippen LogP) is 3.05. The lowest BCUT2D eigenvalue weighted by atomic mass is 9.97. The average Bonchev–Trinajstić information content (AvgIpc) is 2.54. The van der Waals surface area contributed by atoms with E-state index < -0.39 is 0 Å². The van der Waals surface area contributed by atoms with E-state index >= 15 is 0 Å². The van der Waals surface area contributed by atoms with Crippen LogP contribution in [0.3, 0.4) is 0 Å². The lowest BCUT2D eigenvalue weighted by molar-refractivity contribution is 0.222. The monoisotopic (exact) mass is 293 g/mol. The summed E-state index contributed by atoms with van der Waals surface area (Å²) >= 11 is 0. The first-order valence-corrected chi connectivity index (χ1v) is 8.76. The number of hydrogen-bond acceptors (Lipinski definition) is 2. The van der Waals surface area contributed by atoms with E-state index in [9.17, 15) is 4.79 Å². The highest BCUT2D eigenvalue weighted by molar-refractivity contribution is 5.73. The first-order chi connectivity index (χ1) is 10.3. The van der Waals surface area contributed by atoms with E-state index in [0.717, 1.165) is 32.5 Å². The van der Waals surface area contributed by atoms with Crippen LogP contribution in [0.5, 0.6) is 0 Å².